The van der Waals surface area contributed by atoms with Gasteiger partial charge in [-0.3, -0.25) is 4.79 Å². The van der Waals surface area contributed by atoms with Gasteiger partial charge in [-0.15, -0.1) is 0 Å². The van der Waals surface area contributed by atoms with Crippen LogP contribution < -0.4 is 0 Å². The summed E-state index contributed by atoms with van der Waals surface area (Å²) >= 11 is 0. The second-order valence-corrected chi connectivity index (χ2v) is 2.28. The van der Waals surface area contributed by atoms with E-state index < -0.39 is 24.2 Å². The summed E-state index contributed by atoms with van der Waals surface area (Å²) in [7, 11) is 0. The van der Waals surface area contributed by atoms with Crippen LogP contribution >= 0.6 is 0 Å². The van der Waals surface area contributed by atoms with Gasteiger partial charge in [-0.05, 0) is 6.08 Å². The minimum absolute atomic E-state index is 0.283. The monoisotopic (exact) mass is 186 g/mol. The second-order valence-electron chi connectivity index (χ2n) is 2.28. The van der Waals surface area contributed by atoms with Gasteiger partial charge in [0.25, 0.3) is 0 Å². The van der Waals surface area contributed by atoms with Crippen LogP contribution in [0.5, 0.6) is 0 Å². The number of esters is 2. The first-order valence-electron chi connectivity index (χ1n) is 3.40. The van der Waals surface area contributed by atoms with E-state index in [0.717, 1.165) is 0 Å². The molecule has 0 aromatic rings. The molecule has 0 radical (unpaired) electrons. The van der Waals surface area contributed by atoms with Crippen LogP contribution in [0.1, 0.15) is 6.42 Å². The molecular weight excluding hydrogens is 180 g/mol. The van der Waals surface area contributed by atoms with Crippen LogP contribution in [0.4, 0.5) is 4.79 Å². The molecule has 0 saturated carbocycles. The fraction of sp³-hybridized carbons (Fsp3) is 0.286. The van der Waals surface area contributed by atoms with Gasteiger partial charge in [-0.25, -0.2) is 9.59 Å². The zero-order valence-electron chi connectivity index (χ0n) is 6.43. The minimum atomic E-state index is -1.67. The Morgan fingerprint density at radius 2 is 2.31 bits per heavy atom. The van der Waals surface area contributed by atoms with E-state index in [-0.39, 0.29) is 6.42 Å². The van der Waals surface area contributed by atoms with Crippen LogP contribution in [0.15, 0.2) is 12.2 Å². The van der Waals surface area contributed by atoms with Crippen molar-refractivity contribution in [3.8, 4) is 0 Å². The Morgan fingerprint density at radius 1 is 1.62 bits per heavy atom. The maximum atomic E-state index is 10.7. The Hall–Kier alpha value is -1.85. The predicted octanol–water partition coefficient (Wildman–Crippen LogP) is 0.0793. The molecule has 0 saturated heterocycles. The summed E-state index contributed by atoms with van der Waals surface area (Å²) in [5, 5.41) is 8.04. The number of carboxylic acid groups (broad SMARTS) is 1. The van der Waals surface area contributed by atoms with E-state index >= 15 is 0 Å². The van der Waals surface area contributed by atoms with Crippen molar-refractivity contribution in [2.75, 3.05) is 0 Å². The molecule has 0 aliphatic carbocycles. The molecule has 1 heterocycles. The quantitative estimate of drug-likeness (QED) is 0.485. The second kappa shape index (κ2) is 3.70. The van der Waals surface area contributed by atoms with E-state index in [9.17, 15) is 14.4 Å². The number of carbonyl (C=O) groups is 3. The van der Waals surface area contributed by atoms with Crippen LogP contribution in [0, 0.1) is 0 Å². The lowest BCUT2D eigenvalue weighted by Crippen LogP contribution is -2.17. The van der Waals surface area contributed by atoms with Crippen LogP contribution in [-0.4, -0.2) is 29.3 Å². The molecular formula is C7H6O6. The summed E-state index contributed by atoms with van der Waals surface area (Å²) < 4.78 is 8.37. The Bertz CT molecular complexity index is 279. The summed E-state index contributed by atoms with van der Waals surface area (Å²) in [5.74, 6) is -1.50. The summed E-state index contributed by atoms with van der Waals surface area (Å²) in [5.41, 5.74) is 0. The molecule has 1 atom stereocenters. The highest BCUT2D eigenvalue weighted by atomic mass is 16.7. The average Bonchev–Trinajstić information content (AvgIpc) is 2.33. The number of cyclic esters (lactones) is 1. The van der Waals surface area contributed by atoms with Crippen LogP contribution in [0.3, 0.4) is 0 Å². The summed E-state index contributed by atoms with van der Waals surface area (Å²) in [6.07, 6.45) is -0.128. The largest absolute Gasteiger partial charge is 0.513 e. The highest BCUT2D eigenvalue weighted by molar-refractivity contribution is 5.86. The maximum Gasteiger partial charge on any atom is 0.513 e. The fourth-order valence-electron chi connectivity index (χ4n) is 0.827. The normalized spacial score (nSPS) is 19.7. The van der Waals surface area contributed by atoms with Crippen molar-refractivity contribution in [1.82, 2.24) is 0 Å². The van der Waals surface area contributed by atoms with E-state index in [4.69, 9.17) is 5.11 Å². The van der Waals surface area contributed by atoms with Gasteiger partial charge >= 0.3 is 18.1 Å². The van der Waals surface area contributed by atoms with Crippen LogP contribution in [0.25, 0.3) is 0 Å². The fourth-order valence-corrected chi connectivity index (χ4v) is 0.827. The first-order chi connectivity index (χ1) is 6.08. The lowest BCUT2D eigenvalue weighted by Gasteiger charge is -2.05. The van der Waals surface area contributed by atoms with Crippen LogP contribution in [0.2, 0.25) is 0 Å². The van der Waals surface area contributed by atoms with Gasteiger partial charge in [0.1, 0.15) is 6.10 Å². The molecule has 13 heavy (non-hydrogen) atoms. The molecule has 1 N–H and O–H groups in total. The van der Waals surface area contributed by atoms with E-state index in [1.54, 1.807) is 0 Å². The molecule has 0 bridgehead atoms. The minimum Gasteiger partial charge on any atom is -0.454 e. The third-order valence-electron chi connectivity index (χ3n) is 1.28. The number of ether oxygens (including phenoxy) is 2. The molecule has 0 spiro atoms. The zero-order valence-corrected chi connectivity index (χ0v) is 6.43. The number of carbonyl (C=O) groups excluding carboxylic acids is 2. The van der Waals surface area contributed by atoms with Gasteiger partial charge in [0.05, 0.1) is 6.42 Å². The topological polar surface area (TPSA) is 89.9 Å². The smallest absolute Gasteiger partial charge is 0.454 e. The third-order valence-corrected chi connectivity index (χ3v) is 1.28. The Morgan fingerprint density at radius 3 is 2.77 bits per heavy atom. The van der Waals surface area contributed by atoms with Gasteiger partial charge < -0.3 is 14.6 Å². The molecule has 70 valence electrons. The zero-order chi connectivity index (χ0) is 9.84. The van der Waals surface area contributed by atoms with E-state index in [1.807, 2.05) is 0 Å². The maximum absolute atomic E-state index is 10.7. The van der Waals surface area contributed by atoms with E-state index in [2.05, 4.69) is 9.47 Å². The predicted molar refractivity (Wildman–Crippen MR) is 37.8 cm³/mol. The molecule has 1 unspecified atom stereocenters. The molecule has 0 aromatic heterocycles. The summed E-state index contributed by atoms with van der Waals surface area (Å²) in [6.45, 7) is 0. The van der Waals surface area contributed by atoms with E-state index in [1.165, 1.54) is 12.2 Å². The molecule has 6 heteroatoms. The molecule has 1 aliphatic rings. The summed E-state index contributed by atoms with van der Waals surface area (Å²) in [4.78, 5) is 31.0. The Kier molecular flexibility index (Phi) is 2.63. The highest BCUT2D eigenvalue weighted by Gasteiger charge is 2.21. The molecule has 0 fully saturated rings. The number of rotatable bonds is 2. The van der Waals surface area contributed by atoms with Crippen molar-refractivity contribution in [3.63, 3.8) is 0 Å². The lowest BCUT2D eigenvalue weighted by molar-refractivity contribution is -0.145. The SMILES string of the molecule is O=C(O)OC(=O)CC1C=CC(=O)O1. The molecule has 0 aromatic carbocycles. The number of hydrogen-bond donors (Lipinski definition) is 1. The number of hydrogen-bond acceptors (Lipinski definition) is 5. The van der Waals surface area contributed by atoms with Crippen molar-refractivity contribution >= 4 is 18.1 Å². The standard InChI is InChI=1S/C7H6O6/c8-5-2-1-4(12-5)3-6(9)13-7(10)11/h1-2,4H,3H2,(H,10,11). The third kappa shape index (κ3) is 2.94. The lowest BCUT2D eigenvalue weighted by atomic mass is 10.2. The van der Waals surface area contributed by atoms with Gasteiger partial charge in [-0.1, -0.05) is 0 Å². The van der Waals surface area contributed by atoms with Crippen LogP contribution in [-0.2, 0) is 19.1 Å². The van der Waals surface area contributed by atoms with Crippen molar-refractivity contribution in [2.45, 2.75) is 12.5 Å². The first-order valence-corrected chi connectivity index (χ1v) is 3.40. The van der Waals surface area contributed by atoms with Crippen molar-refractivity contribution in [2.24, 2.45) is 0 Å². The highest BCUT2D eigenvalue weighted by Crippen LogP contribution is 2.09. The average molecular weight is 186 g/mol. The van der Waals surface area contributed by atoms with Gasteiger partial charge in [0, 0.05) is 6.08 Å². The van der Waals surface area contributed by atoms with Gasteiger partial charge in [0.15, 0.2) is 0 Å². The Balaban J connectivity index is 2.33. The van der Waals surface area contributed by atoms with Gasteiger partial charge in [-0.2, -0.15) is 0 Å². The van der Waals surface area contributed by atoms with Crippen molar-refractivity contribution < 1.29 is 29.0 Å². The van der Waals surface area contributed by atoms with Crippen molar-refractivity contribution in [1.29, 1.82) is 0 Å². The molecule has 6 nitrogen and oxygen atoms in total. The first kappa shape index (κ1) is 9.24. The molecule has 1 rings (SSSR count). The van der Waals surface area contributed by atoms with Crippen molar-refractivity contribution in [3.05, 3.63) is 12.2 Å². The van der Waals surface area contributed by atoms with Gasteiger partial charge in [0.2, 0.25) is 0 Å². The van der Waals surface area contributed by atoms with E-state index in [0.29, 0.717) is 0 Å². The molecule has 0 amide bonds. The Labute approximate surface area is 72.7 Å². The summed E-state index contributed by atoms with van der Waals surface area (Å²) in [6, 6.07) is 0. The molecule has 1 aliphatic heterocycles.